The van der Waals surface area contributed by atoms with E-state index < -0.39 is 0 Å². The lowest BCUT2D eigenvalue weighted by Gasteiger charge is -2.12. The summed E-state index contributed by atoms with van der Waals surface area (Å²) in [4.78, 5) is 27.7. The van der Waals surface area contributed by atoms with Crippen LogP contribution in [0.4, 0.5) is 10.7 Å². The Morgan fingerprint density at radius 2 is 2.06 bits per heavy atom. The van der Waals surface area contributed by atoms with Gasteiger partial charge in [0.2, 0.25) is 11.9 Å². The minimum Gasteiger partial charge on any atom is -0.367 e. The van der Waals surface area contributed by atoms with E-state index in [0.29, 0.717) is 13.1 Å². The van der Waals surface area contributed by atoms with E-state index in [-0.39, 0.29) is 24.4 Å². The molecular weight excluding hydrogens is 238 g/mol. The Bertz CT molecular complexity index is 415. The number of hydrogen-bond donors (Lipinski definition) is 3. The normalized spacial score (nSPS) is 9.89. The first kappa shape index (κ1) is 13.7. The Labute approximate surface area is 104 Å². The van der Waals surface area contributed by atoms with Gasteiger partial charge in [-0.2, -0.15) is 0 Å². The molecule has 0 atom stereocenters. The molecule has 1 aromatic rings. The van der Waals surface area contributed by atoms with Crippen molar-refractivity contribution in [3.8, 4) is 0 Å². The highest BCUT2D eigenvalue weighted by atomic mass is 16.2. The first-order valence-corrected chi connectivity index (χ1v) is 5.36. The van der Waals surface area contributed by atoms with Crippen LogP contribution in [0.15, 0.2) is 6.33 Å². The fourth-order valence-electron chi connectivity index (χ4n) is 1.12. The largest absolute Gasteiger partial charge is 0.367 e. The number of nitrogens with two attached hydrogens (primary N) is 1. The Morgan fingerprint density at radius 3 is 2.61 bits per heavy atom. The molecule has 0 aliphatic heterocycles. The molecule has 1 aromatic heterocycles. The van der Waals surface area contributed by atoms with E-state index in [1.807, 2.05) is 0 Å². The molecule has 9 nitrogen and oxygen atoms in total. The third-order valence-electron chi connectivity index (χ3n) is 1.99. The van der Waals surface area contributed by atoms with Crippen LogP contribution in [0.3, 0.4) is 0 Å². The molecule has 1 heterocycles. The summed E-state index contributed by atoms with van der Waals surface area (Å²) in [5.74, 6) is -0.0972. The van der Waals surface area contributed by atoms with Crippen LogP contribution >= 0.6 is 0 Å². The van der Waals surface area contributed by atoms with Crippen LogP contribution in [0.2, 0.25) is 0 Å². The smallest absolute Gasteiger partial charge is 0.316 e. The molecule has 0 aliphatic rings. The number of nitrogens with one attached hydrogen (secondary N) is 2. The second-order valence-electron chi connectivity index (χ2n) is 3.78. The van der Waals surface area contributed by atoms with Crippen molar-refractivity contribution >= 4 is 17.9 Å². The number of rotatable bonds is 5. The highest BCUT2D eigenvalue weighted by molar-refractivity contribution is 5.76. The third kappa shape index (κ3) is 4.68. The first-order chi connectivity index (χ1) is 8.49. The summed E-state index contributed by atoms with van der Waals surface area (Å²) >= 11 is 0. The van der Waals surface area contributed by atoms with Gasteiger partial charge in [0, 0.05) is 27.2 Å². The number of hydrogen-bond acceptors (Lipinski definition) is 5. The highest BCUT2D eigenvalue weighted by Crippen LogP contribution is 1.88. The van der Waals surface area contributed by atoms with Crippen LogP contribution in [0.25, 0.3) is 0 Å². The van der Waals surface area contributed by atoms with E-state index in [4.69, 9.17) is 5.73 Å². The standard InChI is InChI=1S/C9H17N7O2/c1-15(2)9(18)12-4-3-11-7(17)5-16-6-13-8(10)14-16/h6H,3-5H2,1-2H3,(H2,10,14)(H,11,17)(H,12,18). The van der Waals surface area contributed by atoms with Gasteiger partial charge in [-0.1, -0.05) is 0 Å². The maximum atomic E-state index is 11.4. The van der Waals surface area contributed by atoms with E-state index in [1.54, 1.807) is 14.1 Å². The quantitative estimate of drug-likeness (QED) is 0.539. The van der Waals surface area contributed by atoms with Gasteiger partial charge >= 0.3 is 6.03 Å². The van der Waals surface area contributed by atoms with Crippen molar-refractivity contribution < 1.29 is 9.59 Å². The molecule has 0 spiro atoms. The van der Waals surface area contributed by atoms with E-state index in [0.717, 1.165) is 0 Å². The average Bonchev–Trinajstić information content (AvgIpc) is 2.69. The van der Waals surface area contributed by atoms with Crippen LogP contribution < -0.4 is 16.4 Å². The summed E-state index contributed by atoms with van der Waals surface area (Å²) in [5.41, 5.74) is 5.31. The van der Waals surface area contributed by atoms with Crippen LogP contribution in [0.1, 0.15) is 0 Å². The molecule has 0 radical (unpaired) electrons. The van der Waals surface area contributed by atoms with E-state index in [9.17, 15) is 9.59 Å². The molecule has 0 saturated carbocycles. The summed E-state index contributed by atoms with van der Waals surface area (Å²) in [6, 6.07) is -0.201. The van der Waals surface area contributed by atoms with Crippen molar-refractivity contribution in [2.24, 2.45) is 0 Å². The summed E-state index contributed by atoms with van der Waals surface area (Å²) < 4.78 is 1.34. The summed E-state index contributed by atoms with van der Waals surface area (Å²) in [5, 5.41) is 9.03. The lowest BCUT2D eigenvalue weighted by Crippen LogP contribution is -2.40. The number of carbonyl (C=O) groups is 2. The number of nitrogen functional groups attached to an aromatic ring is 1. The van der Waals surface area contributed by atoms with E-state index in [2.05, 4.69) is 20.7 Å². The molecular formula is C9H17N7O2. The third-order valence-corrected chi connectivity index (χ3v) is 1.99. The van der Waals surface area contributed by atoms with Crippen molar-refractivity contribution in [2.75, 3.05) is 32.9 Å². The molecule has 0 aliphatic carbocycles. The number of nitrogens with zero attached hydrogens (tertiary/aromatic N) is 4. The Balaban J connectivity index is 2.16. The van der Waals surface area contributed by atoms with Gasteiger partial charge < -0.3 is 21.3 Å². The summed E-state index contributed by atoms with van der Waals surface area (Å²) in [7, 11) is 3.28. The van der Waals surface area contributed by atoms with Crippen LogP contribution in [-0.4, -0.2) is 58.8 Å². The number of urea groups is 1. The van der Waals surface area contributed by atoms with Gasteiger partial charge in [-0.15, -0.1) is 5.10 Å². The molecule has 0 unspecified atom stereocenters. The second kappa shape index (κ2) is 6.42. The van der Waals surface area contributed by atoms with Crippen LogP contribution in [0, 0.1) is 0 Å². The average molecular weight is 255 g/mol. The molecule has 9 heteroatoms. The van der Waals surface area contributed by atoms with Crippen molar-refractivity contribution in [2.45, 2.75) is 6.54 Å². The predicted molar refractivity (Wildman–Crippen MR) is 64.5 cm³/mol. The van der Waals surface area contributed by atoms with Gasteiger partial charge in [-0.05, 0) is 0 Å². The highest BCUT2D eigenvalue weighted by Gasteiger charge is 2.05. The molecule has 0 saturated heterocycles. The summed E-state index contributed by atoms with van der Waals surface area (Å²) in [6.07, 6.45) is 1.38. The number of carbonyl (C=O) groups excluding carboxylic acids is 2. The monoisotopic (exact) mass is 255 g/mol. The van der Waals surface area contributed by atoms with E-state index >= 15 is 0 Å². The number of amides is 3. The maximum Gasteiger partial charge on any atom is 0.316 e. The van der Waals surface area contributed by atoms with Crippen LogP contribution in [0.5, 0.6) is 0 Å². The Morgan fingerprint density at radius 1 is 1.39 bits per heavy atom. The second-order valence-corrected chi connectivity index (χ2v) is 3.78. The first-order valence-electron chi connectivity index (χ1n) is 5.36. The van der Waals surface area contributed by atoms with Gasteiger partial charge in [0.1, 0.15) is 12.9 Å². The lowest BCUT2D eigenvalue weighted by atomic mass is 10.5. The summed E-state index contributed by atoms with van der Waals surface area (Å²) in [6.45, 7) is 0.761. The SMILES string of the molecule is CN(C)C(=O)NCCNC(=O)Cn1cnc(N)n1. The van der Waals surface area contributed by atoms with Gasteiger partial charge in [0.25, 0.3) is 0 Å². The van der Waals surface area contributed by atoms with Crippen molar-refractivity contribution in [1.82, 2.24) is 30.3 Å². The fourth-order valence-corrected chi connectivity index (χ4v) is 1.12. The molecule has 100 valence electrons. The zero-order valence-corrected chi connectivity index (χ0v) is 10.4. The maximum absolute atomic E-state index is 11.4. The Kier molecular flexibility index (Phi) is 4.90. The molecule has 4 N–H and O–H groups in total. The number of anilines is 1. The number of aromatic nitrogens is 3. The van der Waals surface area contributed by atoms with Crippen molar-refractivity contribution in [3.05, 3.63) is 6.33 Å². The van der Waals surface area contributed by atoms with Crippen LogP contribution in [-0.2, 0) is 11.3 Å². The zero-order valence-electron chi connectivity index (χ0n) is 10.4. The topological polar surface area (TPSA) is 118 Å². The molecule has 18 heavy (non-hydrogen) atoms. The zero-order chi connectivity index (χ0) is 13.5. The van der Waals surface area contributed by atoms with Crippen molar-refractivity contribution in [1.29, 1.82) is 0 Å². The fraction of sp³-hybridized carbons (Fsp3) is 0.556. The Hall–Kier alpha value is -2.32. The predicted octanol–water partition coefficient (Wildman–Crippen LogP) is -1.75. The van der Waals surface area contributed by atoms with Gasteiger partial charge in [0.15, 0.2) is 0 Å². The minimum atomic E-state index is -0.223. The minimum absolute atomic E-state index is 0.0474. The molecule has 0 bridgehead atoms. The molecule has 1 rings (SSSR count). The van der Waals surface area contributed by atoms with Gasteiger partial charge in [-0.3, -0.25) is 4.79 Å². The molecule has 3 amide bonds. The molecule has 0 fully saturated rings. The molecule has 0 aromatic carbocycles. The van der Waals surface area contributed by atoms with E-state index in [1.165, 1.54) is 15.9 Å². The van der Waals surface area contributed by atoms with Crippen molar-refractivity contribution in [3.63, 3.8) is 0 Å². The van der Waals surface area contributed by atoms with Gasteiger partial charge in [-0.25, -0.2) is 14.5 Å². The van der Waals surface area contributed by atoms with Gasteiger partial charge in [0.05, 0.1) is 0 Å². The lowest BCUT2D eigenvalue weighted by molar-refractivity contribution is -0.121.